The first kappa shape index (κ1) is 17.5. The summed E-state index contributed by atoms with van der Waals surface area (Å²) in [5.74, 6) is 0.110. The lowest BCUT2D eigenvalue weighted by molar-refractivity contribution is 0.0859. The van der Waals surface area contributed by atoms with Crippen LogP contribution in [0.5, 0.6) is 0 Å². The van der Waals surface area contributed by atoms with Crippen molar-refractivity contribution in [1.29, 1.82) is 0 Å². The predicted molar refractivity (Wildman–Crippen MR) is 99.5 cm³/mol. The van der Waals surface area contributed by atoms with Crippen molar-refractivity contribution in [1.82, 2.24) is 10.2 Å². The van der Waals surface area contributed by atoms with Gasteiger partial charge in [-0.1, -0.05) is 43.9 Å². The fourth-order valence-corrected chi connectivity index (χ4v) is 4.51. The molecule has 1 aromatic carbocycles. The topological polar surface area (TPSA) is 32.3 Å². The second-order valence-corrected chi connectivity index (χ2v) is 7.72. The third kappa shape index (κ3) is 4.18. The van der Waals surface area contributed by atoms with Crippen molar-refractivity contribution >= 4 is 5.91 Å². The Morgan fingerprint density at radius 1 is 1.00 bits per heavy atom. The molecule has 1 aliphatic heterocycles. The fraction of sp³-hybridized carbons (Fsp3) is 0.667. The van der Waals surface area contributed by atoms with Crippen LogP contribution in [0.25, 0.3) is 0 Å². The fourth-order valence-electron chi connectivity index (χ4n) is 4.51. The van der Waals surface area contributed by atoms with Gasteiger partial charge in [0.15, 0.2) is 0 Å². The molecule has 2 fully saturated rings. The minimum Gasteiger partial charge on any atom is -0.348 e. The van der Waals surface area contributed by atoms with E-state index >= 15 is 0 Å². The molecular weight excluding hydrogens is 296 g/mol. The number of likely N-dealkylation sites (tertiary alicyclic amines) is 1. The van der Waals surface area contributed by atoms with Gasteiger partial charge in [0.05, 0.1) is 0 Å². The zero-order chi connectivity index (χ0) is 16.9. The first-order chi connectivity index (χ1) is 11.6. The van der Waals surface area contributed by atoms with E-state index in [0.717, 1.165) is 35.7 Å². The van der Waals surface area contributed by atoms with E-state index in [1.54, 1.807) is 0 Å². The number of carbonyl (C=O) groups is 1. The molecule has 1 N–H and O–H groups in total. The van der Waals surface area contributed by atoms with Crippen molar-refractivity contribution in [3.05, 3.63) is 34.9 Å². The number of hydrogen-bond acceptors (Lipinski definition) is 2. The Morgan fingerprint density at radius 2 is 1.67 bits per heavy atom. The molecule has 0 aromatic heterocycles. The minimum atomic E-state index is 0.110. The monoisotopic (exact) mass is 328 g/mol. The maximum atomic E-state index is 12.8. The molecule has 1 saturated carbocycles. The van der Waals surface area contributed by atoms with Gasteiger partial charge >= 0.3 is 0 Å². The summed E-state index contributed by atoms with van der Waals surface area (Å²) in [4.78, 5) is 15.4. The molecule has 0 radical (unpaired) electrons. The van der Waals surface area contributed by atoms with Gasteiger partial charge in [0.25, 0.3) is 5.91 Å². The first-order valence-corrected chi connectivity index (χ1v) is 9.76. The molecule has 3 heteroatoms. The highest BCUT2D eigenvalue weighted by molar-refractivity contribution is 5.97. The van der Waals surface area contributed by atoms with Crippen LogP contribution in [0.4, 0.5) is 0 Å². The van der Waals surface area contributed by atoms with Gasteiger partial charge in [-0.05, 0) is 57.2 Å². The van der Waals surface area contributed by atoms with Crippen LogP contribution in [0.2, 0.25) is 0 Å². The van der Waals surface area contributed by atoms with Gasteiger partial charge in [0.2, 0.25) is 0 Å². The number of benzene rings is 1. The van der Waals surface area contributed by atoms with E-state index in [-0.39, 0.29) is 5.91 Å². The SMILES string of the molecule is Cc1cccc(C)c1C(=O)NC1CCCN(C2CCCCCC2)C1. The van der Waals surface area contributed by atoms with Crippen molar-refractivity contribution in [2.24, 2.45) is 0 Å². The summed E-state index contributed by atoms with van der Waals surface area (Å²) in [5.41, 5.74) is 3.01. The van der Waals surface area contributed by atoms with E-state index in [4.69, 9.17) is 0 Å². The molecule has 1 atom stereocenters. The highest BCUT2D eigenvalue weighted by atomic mass is 16.1. The Kier molecular flexibility index (Phi) is 5.94. The zero-order valence-corrected chi connectivity index (χ0v) is 15.3. The summed E-state index contributed by atoms with van der Waals surface area (Å²) in [6.07, 6.45) is 10.6. The maximum absolute atomic E-state index is 12.8. The van der Waals surface area contributed by atoms with Crippen LogP contribution >= 0.6 is 0 Å². The molecule has 1 unspecified atom stereocenters. The predicted octanol–water partition coefficient (Wildman–Crippen LogP) is 4.22. The van der Waals surface area contributed by atoms with Crippen LogP contribution in [0.1, 0.15) is 72.9 Å². The molecule has 2 aliphatic rings. The van der Waals surface area contributed by atoms with Crippen LogP contribution in [-0.4, -0.2) is 36.0 Å². The minimum absolute atomic E-state index is 0.110. The smallest absolute Gasteiger partial charge is 0.252 e. The summed E-state index contributed by atoms with van der Waals surface area (Å²) in [6.45, 7) is 6.29. The van der Waals surface area contributed by atoms with Gasteiger partial charge < -0.3 is 5.32 Å². The Labute approximate surface area is 146 Å². The summed E-state index contributed by atoms with van der Waals surface area (Å²) < 4.78 is 0. The van der Waals surface area contributed by atoms with E-state index < -0.39 is 0 Å². The molecular formula is C21H32N2O. The highest BCUT2D eigenvalue weighted by Crippen LogP contribution is 2.25. The summed E-state index contributed by atoms with van der Waals surface area (Å²) in [6, 6.07) is 7.12. The molecule has 3 nitrogen and oxygen atoms in total. The number of piperidine rings is 1. The average molecular weight is 329 g/mol. The molecule has 0 spiro atoms. The number of aryl methyl sites for hydroxylation is 2. The van der Waals surface area contributed by atoms with Crippen molar-refractivity contribution < 1.29 is 4.79 Å². The van der Waals surface area contributed by atoms with Crippen LogP contribution in [0.3, 0.4) is 0 Å². The summed E-state index contributed by atoms with van der Waals surface area (Å²) in [5, 5.41) is 3.32. The number of amides is 1. The molecule has 24 heavy (non-hydrogen) atoms. The molecule has 1 amide bonds. The zero-order valence-electron chi connectivity index (χ0n) is 15.3. The van der Waals surface area contributed by atoms with Gasteiger partial charge in [-0.15, -0.1) is 0 Å². The number of carbonyl (C=O) groups excluding carboxylic acids is 1. The number of rotatable bonds is 3. The van der Waals surface area contributed by atoms with Gasteiger partial charge in [0.1, 0.15) is 0 Å². The molecule has 132 valence electrons. The largest absolute Gasteiger partial charge is 0.348 e. The molecule has 1 aromatic rings. The molecule has 1 saturated heterocycles. The quantitative estimate of drug-likeness (QED) is 0.843. The molecule has 1 aliphatic carbocycles. The Morgan fingerprint density at radius 3 is 2.33 bits per heavy atom. The highest BCUT2D eigenvalue weighted by Gasteiger charge is 2.27. The first-order valence-electron chi connectivity index (χ1n) is 9.76. The average Bonchev–Trinajstić information content (AvgIpc) is 2.84. The van der Waals surface area contributed by atoms with Crippen molar-refractivity contribution in [3.8, 4) is 0 Å². The van der Waals surface area contributed by atoms with Gasteiger partial charge in [-0.25, -0.2) is 0 Å². The lowest BCUT2D eigenvalue weighted by Gasteiger charge is -2.38. The van der Waals surface area contributed by atoms with E-state index in [9.17, 15) is 4.79 Å². The Balaban J connectivity index is 1.61. The maximum Gasteiger partial charge on any atom is 0.252 e. The number of nitrogens with one attached hydrogen (secondary N) is 1. The normalized spacial score (nSPS) is 23.7. The van der Waals surface area contributed by atoms with Crippen molar-refractivity contribution in [3.63, 3.8) is 0 Å². The van der Waals surface area contributed by atoms with E-state index in [0.29, 0.717) is 6.04 Å². The van der Waals surface area contributed by atoms with Crippen LogP contribution in [0.15, 0.2) is 18.2 Å². The van der Waals surface area contributed by atoms with E-state index in [2.05, 4.69) is 10.2 Å². The molecule has 3 rings (SSSR count). The number of hydrogen-bond donors (Lipinski definition) is 1. The molecule has 0 bridgehead atoms. The molecule has 1 heterocycles. The second kappa shape index (κ2) is 8.15. The van der Waals surface area contributed by atoms with E-state index in [1.807, 2.05) is 32.0 Å². The summed E-state index contributed by atoms with van der Waals surface area (Å²) >= 11 is 0. The van der Waals surface area contributed by atoms with Gasteiger partial charge in [-0.3, -0.25) is 9.69 Å². The van der Waals surface area contributed by atoms with Crippen molar-refractivity contribution in [2.45, 2.75) is 77.3 Å². The third-order valence-corrected chi connectivity index (χ3v) is 5.84. The van der Waals surface area contributed by atoms with Crippen LogP contribution in [0, 0.1) is 13.8 Å². The van der Waals surface area contributed by atoms with Crippen LogP contribution in [-0.2, 0) is 0 Å². The Bertz CT molecular complexity index is 541. The van der Waals surface area contributed by atoms with Gasteiger partial charge in [0, 0.05) is 24.2 Å². The standard InChI is InChI=1S/C21H32N2O/c1-16-9-7-10-17(2)20(16)21(24)22-18-11-8-14-23(15-18)19-12-5-3-4-6-13-19/h7,9-10,18-19H,3-6,8,11-15H2,1-2H3,(H,22,24). The lowest BCUT2D eigenvalue weighted by atomic mass is 9.98. The summed E-state index contributed by atoms with van der Waals surface area (Å²) in [7, 11) is 0. The second-order valence-electron chi connectivity index (χ2n) is 7.72. The lowest BCUT2D eigenvalue weighted by Crippen LogP contribution is -2.51. The third-order valence-electron chi connectivity index (χ3n) is 5.84. The number of nitrogens with zero attached hydrogens (tertiary/aromatic N) is 1. The van der Waals surface area contributed by atoms with Crippen molar-refractivity contribution in [2.75, 3.05) is 13.1 Å². The van der Waals surface area contributed by atoms with Crippen LogP contribution < -0.4 is 5.32 Å². The Hall–Kier alpha value is -1.35. The van der Waals surface area contributed by atoms with E-state index in [1.165, 1.54) is 51.5 Å². The van der Waals surface area contributed by atoms with Gasteiger partial charge in [-0.2, -0.15) is 0 Å².